The van der Waals surface area contributed by atoms with E-state index in [1.807, 2.05) is 37.3 Å². The van der Waals surface area contributed by atoms with Gasteiger partial charge in [0.1, 0.15) is 17.3 Å². The molecule has 0 unspecified atom stereocenters. The number of aliphatic hydroxyl groups is 1. The van der Waals surface area contributed by atoms with Gasteiger partial charge in [-0.25, -0.2) is 4.79 Å². The van der Waals surface area contributed by atoms with Gasteiger partial charge in [0, 0.05) is 0 Å². The molecule has 1 aromatic carbocycles. The van der Waals surface area contributed by atoms with E-state index in [0.29, 0.717) is 13.0 Å². The van der Waals surface area contributed by atoms with E-state index in [4.69, 9.17) is 9.47 Å². The van der Waals surface area contributed by atoms with Crippen LogP contribution in [0, 0.1) is 0 Å². The number of epoxide rings is 1. The number of nitrogens with one attached hydrogen (secondary N) is 1. The molecule has 0 radical (unpaired) electrons. The molecule has 5 nitrogen and oxygen atoms in total. The van der Waals surface area contributed by atoms with Crippen molar-refractivity contribution in [2.24, 2.45) is 0 Å². The largest absolute Gasteiger partial charge is 0.444 e. The summed E-state index contributed by atoms with van der Waals surface area (Å²) in [6, 6.07) is 9.26. The maximum Gasteiger partial charge on any atom is 0.407 e. The van der Waals surface area contributed by atoms with E-state index in [1.54, 1.807) is 20.8 Å². The number of benzene rings is 1. The smallest absolute Gasteiger partial charge is 0.407 e. The van der Waals surface area contributed by atoms with Crippen molar-refractivity contribution in [3.63, 3.8) is 0 Å². The number of rotatable bonds is 5. The van der Waals surface area contributed by atoms with Crippen LogP contribution in [0.3, 0.4) is 0 Å². The molecule has 5 heteroatoms. The summed E-state index contributed by atoms with van der Waals surface area (Å²) in [6.45, 7) is 7.75. The number of carbonyl (C=O) groups excluding carboxylic acids is 1. The van der Waals surface area contributed by atoms with Crippen LogP contribution in [0.5, 0.6) is 0 Å². The molecule has 0 aromatic heterocycles. The van der Waals surface area contributed by atoms with E-state index < -0.39 is 29.4 Å². The molecule has 0 spiro atoms. The second-order valence-corrected chi connectivity index (χ2v) is 6.99. The summed E-state index contributed by atoms with van der Waals surface area (Å²) in [5, 5.41) is 13.3. The molecule has 1 aliphatic rings. The number of alkyl carbamates (subject to hydrolysis) is 1. The minimum Gasteiger partial charge on any atom is -0.444 e. The topological polar surface area (TPSA) is 71.1 Å². The summed E-state index contributed by atoms with van der Waals surface area (Å²) in [6.07, 6.45) is -0.808. The summed E-state index contributed by atoms with van der Waals surface area (Å²) in [5.41, 5.74) is -0.132. The van der Waals surface area contributed by atoms with Gasteiger partial charge < -0.3 is 19.9 Å². The van der Waals surface area contributed by atoms with Crippen molar-refractivity contribution < 1.29 is 19.4 Å². The van der Waals surface area contributed by atoms with Crippen LogP contribution in [-0.2, 0) is 15.9 Å². The Morgan fingerprint density at radius 1 is 1.41 bits per heavy atom. The van der Waals surface area contributed by atoms with Crippen LogP contribution in [0.1, 0.15) is 33.3 Å². The van der Waals surface area contributed by atoms with Crippen molar-refractivity contribution in [2.45, 2.75) is 57.5 Å². The van der Waals surface area contributed by atoms with Gasteiger partial charge in [-0.2, -0.15) is 0 Å². The van der Waals surface area contributed by atoms with Gasteiger partial charge in [0.25, 0.3) is 0 Å². The first-order chi connectivity index (χ1) is 10.2. The fraction of sp³-hybridized carbons (Fsp3) is 0.588. The highest BCUT2D eigenvalue weighted by Crippen LogP contribution is 2.32. The SMILES string of the molecule is CC(C)(C)OC(=O)N[C@@H](Cc1ccccc1)[C@@H](O)[C@]1(C)CO1. The highest BCUT2D eigenvalue weighted by Gasteiger charge is 2.50. The molecule has 1 amide bonds. The molecule has 1 saturated heterocycles. The van der Waals surface area contributed by atoms with E-state index in [2.05, 4.69) is 5.32 Å². The standard InChI is InChI=1S/C17H25NO4/c1-16(2,3)22-15(20)18-13(14(19)17(4)11-21-17)10-12-8-6-5-7-9-12/h5-9,13-14,19H,10-11H2,1-4H3,(H,18,20)/t13-,14+,17-/m0/s1. The summed E-state index contributed by atoms with van der Waals surface area (Å²) in [5.74, 6) is 0. The third-order valence-electron chi connectivity index (χ3n) is 3.61. The molecule has 1 fully saturated rings. The lowest BCUT2D eigenvalue weighted by Gasteiger charge is -2.28. The maximum absolute atomic E-state index is 12.0. The zero-order chi connectivity index (χ0) is 16.4. The summed E-state index contributed by atoms with van der Waals surface area (Å²) in [7, 11) is 0. The van der Waals surface area contributed by atoms with Crippen molar-refractivity contribution >= 4 is 6.09 Å². The first-order valence-corrected chi connectivity index (χ1v) is 7.55. The Hall–Kier alpha value is -1.59. The minimum absolute atomic E-state index is 0.468. The van der Waals surface area contributed by atoms with Crippen LogP contribution in [0.25, 0.3) is 0 Å². The molecular formula is C17H25NO4. The van der Waals surface area contributed by atoms with Crippen molar-refractivity contribution in [1.29, 1.82) is 0 Å². The average molecular weight is 307 g/mol. The molecule has 3 atom stereocenters. The lowest BCUT2D eigenvalue weighted by molar-refractivity contribution is 0.0268. The Labute approximate surface area is 131 Å². The van der Waals surface area contributed by atoms with Gasteiger partial charge in [-0.05, 0) is 39.7 Å². The summed E-state index contributed by atoms with van der Waals surface area (Å²) >= 11 is 0. The van der Waals surface area contributed by atoms with Crippen molar-refractivity contribution in [2.75, 3.05) is 6.61 Å². The van der Waals surface area contributed by atoms with E-state index in [9.17, 15) is 9.90 Å². The van der Waals surface area contributed by atoms with Crippen LogP contribution in [0.2, 0.25) is 0 Å². The molecule has 2 rings (SSSR count). The zero-order valence-corrected chi connectivity index (χ0v) is 13.6. The Bertz CT molecular complexity index is 505. The predicted octanol–water partition coefficient (Wildman–Crippen LogP) is 2.27. The van der Waals surface area contributed by atoms with Crippen LogP contribution in [0.15, 0.2) is 30.3 Å². The predicted molar refractivity (Wildman–Crippen MR) is 83.7 cm³/mol. The van der Waals surface area contributed by atoms with Crippen LogP contribution < -0.4 is 5.32 Å². The van der Waals surface area contributed by atoms with Crippen LogP contribution in [-0.4, -0.2) is 41.2 Å². The molecule has 0 saturated carbocycles. The van der Waals surface area contributed by atoms with Crippen LogP contribution >= 0.6 is 0 Å². The summed E-state index contributed by atoms with van der Waals surface area (Å²) in [4.78, 5) is 12.0. The second kappa shape index (κ2) is 6.26. The highest BCUT2D eigenvalue weighted by atomic mass is 16.6. The van der Waals surface area contributed by atoms with Crippen molar-refractivity contribution in [3.05, 3.63) is 35.9 Å². The van der Waals surface area contributed by atoms with Crippen molar-refractivity contribution in [3.8, 4) is 0 Å². The van der Waals surface area contributed by atoms with Gasteiger partial charge in [-0.1, -0.05) is 30.3 Å². The average Bonchev–Trinajstić information content (AvgIpc) is 3.15. The Morgan fingerprint density at radius 2 is 2.00 bits per heavy atom. The molecule has 0 aliphatic carbocycles. The quantitative estimate of drug-likeness (QED) is 0.819. The molecule has 22 heavy (non-hydrogen) atoms. The molecule has 1 heterocycles. The Balaban J connectivity index is 2.06. The first kappa shape index (κ1) is 16.8. The van der Waals surface area contributed by atoms with E-state index in [-0.39, 0.29) is 0 Å². The van der Waals surface area contributed by atoms with Crippen molar-refractivity contribution in [1.82, 2.24) is 5.32 Å². The number of carbonyl (C=O) groups is 1. The number of ether oxygens (including phenoxy) is 2. The number of aliphatic hydroxyl groups excluding tert-OH is 1. The highest BCUT2D eigenvalue weighted by molar-refractivity contribution is 5.68. The van der Waals surface area contributed by atoms with Gasteiger partial charge in [-0.15, -0.1) is 0 Å². The second-order valence-electron chi connectivity index (χ2n) is 6.99. The third-order valence-corrected chi connectivity index (χ3v) is 3.61. The van der Waals surface area contributed by atoms with Gasteiger partial charge in [0.2, 0.25) is 0 Å². The molecule has 122 valence electrons. The van der Waals surface area contributed by atoms with Gasteiger partial charge in [-0.3, -0.25) is 0 Å². The lowest BCUT2D eigenvalue weighted by atomic mass is 9.93. The normalized spacial score (nSPS) is 23.5. The van der Waals surface area contributed by atoms with Gasteiger partial charge >= 0.3 is 6.09 Å². The van der Waals surface area contributed by atoms with Gasteiger partial charge in [0.15, 0.2) is 0 Å². The minimum atomic E-state index is -0.791. The maximum atomic E-state index is 12.0. The zero-order valence-electron chi connectivity index (χ0n) is 13.6. The van der Waals surface area contributed by atoms with E-state index in [0.717, 1.165) is 5.56 Å². The summed E-state index contributed by atoms with van der Waals surface area (Å²) < 4.78 is 10.6. The number of amides is 1. The monoisotopic (exact) mass is 307 g/mol. The molecular weight excluding hydrogens is 282 g/mol. The van der Waals surface area contributed by atoms with E-state index in [1.165, 1.54) is 0 Å². The first-order valence-electron chi connectivity index (χ1n) is 7.55. The third kappa shape index (κ3) is 4.71. The Kier molecular flexibility index (Phi) is 4.78. The van der Waals surface area contributed by atoms with Gasteiger partial charge in [0.05, 0.1) is 12.6 Å². The molecule has 1 aliphatic heterocycles. The number of hydrogen-bond donors (Lipinski definition) is 2. The molecule has 0 bridgehead atoms. The number of hydrogen-bond acceptors (Lipinski definition) is 4. The fourth-order valence-electron chi connectivity index (χ4n) is 2.28. The fourth-order valence-corrected chi connectivity index (χ4v) is 2.28. The van der Waals surface area contributed by atoms with E-state index >= 15 is 0 Å². The Morgan fingerprint density at radius 3 is 2.50 bits per heavy atom. The lowest BCUT2D eigenvalue weighted by Crippen LogP contribution is -2.51. The van der Waals surface area contributed by atoms with Crippen LogP contribution in [0.4, 0.5) is 4.79 Å². The molecule has 1 aromatic rings. The molecule has 2 N–H and O–H groups in total.